The molecule has 0 saturated carbocycles. The second-order valence-electron chi connectivity index (χ2n) is 2.32. The summed E-state index contributed by atoms with van der Waals surface area (Å²) in [5.74, 6) is 0.186. The smallest absolute Gasteiger partial charge is 0.147 e. The second kappa shape index (κ2) is 5.10. The molecule has 0 aromatic carbocycles. The Hall–Kier alpha value is -0.600. The maximum atomic E-state index is 10.6. The van der Waals surface area contributed by atoms with E-state index >= 15 is 0 Å². The summed E-state index contributed by atoms with van der Waals surface area (Å²) in [7, 11) is -2.83. The SMILES string of the molecule is CS(=O)(=O)CCCNCC#N. The minimum atomic E-state index is -2.83. The van der Waals surface area contributed by atoms with Crippen molar-refractivity contribution in [2.24, 2.45) is 0 Å². The second-order valence-corrected chi connectivity index (χ2v) is 4.58. The Kier molecular flexibility index (Phi) is 4.83. The van der Waals surface area contributed by atoms with Crippen molar-refractivity contribution in [2.75, 3.05) is 25.1 Å². The summed E-state index contributed by atoms with van der Waals surface area (Å²) in [6.07, 6.45) is 1.78. The van der Waals surface area contributed by atoms with Crippen LogP contribution in [0.1, 0.15) is 6.42 Å². The molecular formula is C6H12N2O2S. The number of nitrogens with zero attached hydrogens (tertiary/aromatic N) is 1. The standard InChI is InChI=1S/C6H12N2O2S/c1-11(9,10)6-2-4-8-5-3-7/h8H,2,4-6H2,1H3. The molecule has 0 heterocycles. The molecule has 0 aliphatic rings. The van der Waals surface area contributed by atoms with Gasteiger partial charge in [0.1, 0.15) is 9.84 Å². The highest BCUT2D eigenvalue weighted by Crippen LogP contribution is 1.86. The van der Waals surface area contributed by atoms with Crippen LogP contribution in [0.15, 0.2) is 0 Å². The molecule has 0 aromatic rings. The summed E-state index contributed by atoms with van der Waals surface area (Å²) in [6.45, 7) is 0.865. The van der Waals surface area contributed by atoms with E-state index in [4.69, 9.17) is 5.26 Å². The Morgan fingerprint density at radius 1 is 1.55 bits per heavy atom. The number of hydrogen-bond acceptors (Lipinski definition) is 4. The molecule has 11 heavy (non-hydrogen) atoms. The number of nitriles is 1. The van der Waals surface area contributed by atoms with Crippen LogP contribution in [0.2, 0.25) is 0 Å². The third-order valence-electron chi connectivity index (χ3n) is 1.07. The quantitative estimate of drug-likeness (QED) is 0.454. The van der Waals surface area contributed by atoms with Crippen LogP contribution in [0.3, 0.4) is 0 Å². The highest BCUT2D eigenvalue weighted by Gasteiger charge is 1.99. The largest absolute Gasteiger partial charge is 0.304 e. The van der Waals surface area contributed by atoms with Crippen molar-refractivity contribution in [1.82, 2.24) is 5.32 Å². The highest BCUT2D eigenvalue weighted by molar-refractivity contribution is 7.90. The molecule has 0 rings (SSSR count). The summed E-state index contributed by atoms with van der Waals surface area (Å²) >= 11 is 0. The first-order valence-electron chi connectivity index (χ1n) is 3.31. The van der Waals surface area contributed by atoms with E-state index < -0.39 is 9.84 Å². The molecule has 0 aromatic heterocycles. The summed E-state index contributed by atoms with van der Waals surface area (Å²) in [6, 6.07) is 1.90. The van der Waals surface area contributed by atoms with E-state index in [1.54, 1.807) is 0 Å². The number of rotatable bonds is 5. The summed E-state index contributed by atoms with van der Waals surface area (Å²) in [5.41, 5.74) is 0. The summed E-state index contributed by atoms with van der Waals surface area (Å²) < 4.78 is 21.1. The van der Waals surface area contributed by atoms with Gasteiger partial charge >= 0.3 is 0 Å². The average molecular weight is 176 g/mol. The molecule has 0 fully saturated rings. The van der Waals surface area contributed by atoms with Gasteiger partial charge in [-0.25, -0.2) is 8.42 Å². The lowest BCUT2D eigenvalue weighted by molar-refractivity contribution is 0.596. The Balaban J connectivity index is 3.24. The van der Waals surface area contributed by atoms with Crippen molar-refractivity contribution in [1.29, 1.82) is 5.26 Å². The molecule has 0 bridgehead atoms. The zero-order valence-corrected chi connectivity index (χ0v) is 7.32. The molecule has 0 unspecified atom stereocenters. The van der Waals surface area contributed by atoms with E-state index in [0.29, 0.717) is 13.0 Å². The van der Waals surface area contributed by atoms with Crippen LogP contribution in [0.25, 0.3) is 0 Å². The Morgan fingerprint density at radius 3 is 2.64 bits per heavy atom. The van der Waals surface area contributed by atoms with Gasteiger partial charge in [0.05, 0.1) is 18.4 Å². The monoisotopic (exact) mass is 176 g/mol. The van der Waals surface area contributed by atoms with Crippen molar-refractivity contribution in [2.45, 2.75) is 6.42 Å². The van der Waals surface area contributed by atoms with Gasteiger partial charge in [0.2, 0.25) is 0 Å². The Labute approximate surface area is 67.1 Å². The molecule has 0 spiro atoms. The topological polar surface area (TPSA) is 70.0 Å². The minimum absolute atomic E-state index is 0.186. The lowest BCUT2D eigenvalue weighted by Gasteiger charge is -1.97. The number of sulfone groups is 1. The maximum Gasteiger partial charge on any atom is 0.147 e. The highest BCUT2D eigenvalue weighted by atomic mass is 32.2. The van der Waals surface area contributed by atoms with E-state index in [2.05, 4.69) is 5.32 Å². The van der Waals surface area contributed by atoms with Gasteiger partial charge in [-0.2, -0.15) is 5.26 Å². The molecular weight excluding hydrogens is 164 g/mol. The van der Waals surface area contributed by atoms with Crippen LogP contribution < -0.4 is 5.32 Å². The fourth-order valence-corrected chi connectivity index (χ4v) is 1.27. The van der Waals surface area contributed by atoms with E-state index in [1.165, 1.54) is 6.26 Å². The van der Waals surface area contributed by atoms with Crippen molar-refractivity contribution < 1.29 is 8.42 Å². The fraction of sp³-hybridized carbons (Fsp3) is 0.833. The molecule has 0 saturated heterocycles. The maximum absolute atomic E-state index is 10.6. The number of nitrogens with one attached hydrogen (secondary N) is 1. The molecule has 0 atom stereocenters. The van der Waals surface area contributed by atoms with Crippen LogP contribution in [0.4, 0.5) is 0 Å². The zero-order valence-electron chi connectivity index (χ0n) is 6.50. The van der Waals surface area contributed by atoms with Crippen LogP contribution in [0.5, 0.6) is 0 Å². The molecule has 1 N–H and O–H groups in total. The molecule has 0 amide bonds. The van der Waals surface area contributed by atoms with Gasteiger partial charge in [-0.3, -0.25) is 0 Å². The first-order chi connectivity index (χ1) is 5.06. The third kappa shape index (κ3) is 9.40. The molecule has 4 nitrogen and oxygen atoms in total. The van der Waals surface area contributed by atoms with Crippen molar-refractivity contribution in [3.63, 3.8) is 0 Å². The third-order valence-corrected chi connectivity index (χ3v) is 2.10. The van der Waals surface area contributed by atoms with Gasteiger partial charge in [0.15, 0.2) is 0 Å². The lowest BCUT2D eigenvalue weighted by Crippen LogP contribution is -2.18. The van der Waals surface area contributed by atoms with E-state index in [1.807, 2.05) is 6.07 Å². The van der Waals surface area contributed by atoms with Crippen LogP contribution >= 0.6 is 0 Å². The van der Waals surface area contributed by atoms with E-state index in [9.17, 15) is 8.42 Å². The first-order valence-corrected chi connectivity index (χ1v) is 5.38. The van der Waals surface area contributed by atoms with E-state index in [0.717, 1.165) is 0 Å². The average Bonchev–Trinajstić information content (AvgIpc) is 1.85. The van der Waals surface area contributed by atoms with E-state index in [-0.39, 0.29) is 12.3 Å². The molecule has 0 aliphatic heterocycles. The minimum Gasteiger partial charge on any atom is -0.304 e. The van der Waals surface area contributed by atoms with Gasteiger partial charge in [-0.05, 0) is 13.0 Å². The predicted molar refractivity (Wildman–Crippen MR) is 42.8 cm³/mol. The number of hydrogen-bond donors (Lipinski definition) is 1. The van der Waals surface area contributed by atoms with Crippen LogP contribution in [0, 0.1) is 11.3 Å². The van der Waals surface area contributed by atoms with Gasteiger partial charge in [0.25, 0.3) is 0 Å². The van der Waals surface area contributed by atoms with Crippen LogP contribution in [-0.4, -0.2) is 33.5 Å². The molecule has 5 heteroatoms. The van der Waals surface area contributed by atoms with Crippen molar-refractivity contribution in [3.8, 4) is 6.07 Å². The van der Waals surface area contributed by atoms with Crippen molar-refractivity contribution in [3.05, 3.63) is 0 Å². The fourth-order valence-electron chi connectivity index (χ4n) is 0.604. The molecule has 0 radical (unpaired) electrons. The van der Waals surface area contributed by atoms with Gasteiger partial charge < -0.3 is 5.32 Å². The molecule has 0 aliphatic carbocycles. The van der Waals surface area contributed by atoms with Crippen LogP contribution in [-0.2, 0) is 9.84 Å². The first kappa shape index (κ1) is 10.4. The lowest BCUT2D eigenvalue weighted by atomic mass is 10.5. The summed E-state index contributed by atoms with van der Waals surface area (Å²) in [4.78, 5) is 0. The predicted octanol–water partition coefficient (Wildman–Crippen LogP) is -0.466. The Morgan fingerprint density at radius 2 is 2.18 bits per heavy atom. The zero-order chi connectivity index (χ0) is 8.74. The normalized spacial score (nSPS) is 10.9. The Bertz CT molecular complexity index is 227. The van der Waals surface area contributed by atoms with Gasteiger partial charge in [-0.1, -0.05) is 0 Å². The summed E-state index contributed by atoms with van der Waals surface area (Å²) in [5, 5.41) is 10.9. The molecule has 64 valence electrons. The van der Waals surface area contributed by atoms with Crippen molar-refractivity contribution >= 4 is 9.84 Å². The van der Waals surface area contributed by atoms with Gasteiger partial charge in [-0.15, -0.1) is 0 Å². The van der Waals surface area contributed by atoms with Gasteiger partial charge in [0, 0.05) is 6.26 Å².